The number of hydrogen-bond donors (Lipinski definition) is 0. The third kappa shape index (κ3) is 2.39. The highest BCUT2D eigenvalue weighted by Crippen LogP contribution is 2.29. The molecule has 1 aliphatic carbocycles. The highest BCUT2D eigenvalue weighted by atomic mass is 16.6. The van der Waals surface area contributed by atoms with Gasteiger partial charge in [-0.1, -0.05) is 0 Å². The number of carbonyl (C=O) groups is 1. The third-order valence-corrected chi connectivity index (χ3v) is 3.79. The van der Waals surface area contributed by atoms with Crippen molar-refractivity contribution in [3.8, 4) is 5.75 Å². The fraction of sp³-hybridized carbons (Fsp3) is 0.375. The third-order valence-electron chi connectivity index (χ3n) is 3.79. The van der Waals surface area contributed by atoms with E-state index in [1.165, 1.54) is 7.11 Å². The zero-order chi connectivity index (χ0) is 15.0. The zero-order valence-corrected chi connectivity index (χ0v) is 12.0. The summed E-state index contributed by atoms with van der Waals surface area (Å²) in [5.41, 5.74) is 2.09. The first-order valence-corrected chi connectivity index (χ1v) is 6.93. The number of rotatable bonds is 3. The molecule has 1 heterocycles. The van der Waals surface area contributed by atoms with Crippen LogP contribution in [0.4, 0.5) is 0 Å². The Bertz CT molecular complexity index is 759. The lowest BCUT2D eigenvalue weighted by Gasteiger charge is -2.13. The maximum Gasteiger partial charge on any atom is 0.346 e. The fourth-order valence-corrected chi connectivity index (χ4v) is 2.76. The van der Waals surface area contributed by atoms with Crippen molar-refractivity contribution >= 4 is 16.9 Å². The summed E-state index contributed by atoms with van der Waals surface area (Å²) in [4.78, 5) is 23.3. The largest absolute Gasteiger partial charge is 0.479 e. The molecule has 5 nitrogen and oxygen atoms in total. The van der Waals surface area contributed by atoms with E-state index >= 15 is 0 Å². The Labute approximate surface area is 121 Å². The van der Waals surface area contributed by atoms with Crippen molar-refractivity contribution in [2.45, 2.75) is 32.3 Å². The molecule has 2 aromatic rings. The Morgan fingerprint density at radius 1 is 1.29 bits per heavy atom. The van der Waals surface area contributed by atoms with Crippen LogP contribution in [0.15, 0.2) is 27.4 Å². The van der Waals surface area contributed by atoms with Crippen molar-refractivity contribution < 1.29 is 18.7 Å². The van der Waals surface area contributed by atoms with Crippen LogP contribution in [0.3, 0.4) is 0 Å². The van der Waals surface area contributed by atoms with Crippen LogP contribution < -0.4 is 10.4 Å². The lowest BCUT2D eigenvalue weighted by Crippen LogP contribution is -2.24. The first kappa shape index (κ1) is 13.7. The Hall–Kier alpha value is -2.30. The van der Waals surface area contributed by atoms with Crippen LogP contribution in [-0.2, 0) is 22.4 Å². The first-order chi connectivity index (χ1) is 10.1. The van der Waals surface area contributed by atoms with E-state index < -0.39 is 12.1 Å². The molecular formula is C16H16O5. The zero-order valence-electron chi connectivity index (χ0n) is 12.0. The van der Waals surface area contributed by atoms with E-state index in [0.29, 0.717) is 11.3 Å². The molecule has 0 aliphatic heterocycles. The van der Waals surface area contributed by atoms with Gasteiger partial charge >= 0.3 is 11.6 Å². The van der Waals surface area contributed by atoms with Crippen molar-refractivity contribution in [3.63, 3.8) is 0 Å². The standard InChI is InChI=1S/C16H16O5/c1-9(15(17)19-2)20-10-6-7-12-11-4-3-5-13(11)16(18)21-14(12)8-10/h6-9H,3-5H2,1-2H3/t9-/m0/s1. The molecule has 0 N–H and O–H groups in total. The molecule has 1 aromatic carbocycles. The van der Waals surface area contributed by atoms with Crippen molar-refractivity contribution in [1.29, 1.82) is 0 Å². The van der Waals surface area contributed by atoms with Gasteiger partial charge in [0.05, 0.1) is 7.11 Å². The second kappa shape index (κ2) is 5.24. The van der Waals surface area contributed by atoms with Gasteiger partial charge < -0.3 is 13.9 Å². The molecule has 0 fully saturated rings. The molecule has 0 radical (unpaired) electrons. The molecule has 1 aliphatic rings. The Morgan fingerprint density at radius 3 is 2.81 bits per heavy atom. The van der Waals surface area contributed by atoms with E-state index in [9.17, 15) is 9.59 Å². The molecule has 21 heavy (non-hydrogen) atoms. The number of carbonyl (C=O) groups excluding carboxylic acids is 1. The molecule has 0 amide bonds. The van der Waals surface area contributed by atoms with E-state index in [4.69, 9.17) is 9.15 Å². The van der Waals surface area contributed by atoms with Crippen molar-refractivity contribution in [1.82, 2.24) is 0 Å². The topological polar surface area (TPSA) is 65.7 Å². The monoisotopic (exact) mass is 288 g/mol. The minimum Gasteiger partial charge on any atom is -0.479 e. The second-order valence-corrected chi connectivity index (χ2v) is 5.14. The maximum absolute atomic E-state index is 11.9. The summed E-state index contributed by atoms with van der Waals surface area (Å²) in [7, 11) is 1.31. The molecule has 3 rings (SSSR count). The van der Waals surface area contributed by atoms with Crippen LogP contribution in [-0.4, -0.2) is 19.2 Å². The number of esters is 1. The molecule has 0 bridgehead atoms. The van der Waals surface area contributed by atoms with Crippen molar-refractivity contribution in [3.05, 3.63) is 39.7 Å². The normalized spacial score (nSPS) is 14.8. The summed E-state index contributed by atoms with van der Waals surface area (Å²) >= 11 is 0. The Balaban J connectivity index is 2.00. The maximum atomic E-state index is 11.9. The van der Waals surface area contributed by atoms with Gasteiger partial charge in [-0.05, 0) is 43.9 Å². The van der Waals surface area contributed by atoms with Gasteiger partial charge in [0, 0.05) is 17.0 Å². The highest BCUT2D eigenvalue weighted by Gasteiger charge is 2.20. The molecule has 0 saturated carbocycles. The SMILES string of the molecule is COC(=O)[C@H](C)Oc1ccc2c3c(c(=O)oc2c1)CCC3. The molecule has 1 aromatic heterocycles. The van der Waals surface area contributed by atoms with Crippen LogP contribution in [0, 0.1) is 0 Å². The number of aryl methyl sites for hydroxylation is 1. The number of benzene rings is 1. The molecule has 1 atom stereocenters. The minimum absolute atomic E-state index is 0.270. The summed E-state index contributed by atoms with van der Waals surface area (Å²) < 4.78 is 15.5. The number of ether oxygens (including phenoxy) is 2. The van der Waals surface area contributed by atoms with E-state index in [1.54, 1.807) is 19.1 Å². The second-order valence-electron chi connectivity index (χ2n) is 5.14. The molecule has 0 spiro atoms. The lowest BCUT2D eigenvalue weighted by molar-refractivity contribution is -0.147. The average molecular weight is 288 g/mol. The predicted molar refractivity (Wildman–Crippen MR) is 76.6 cm³/mol. The predicted octanol–water partition coefficient (Wildman–Crippen LogP) is 2.22. The van der Waals surface area contributed by atoms with Crippen LogP contribution in [0.5, 0.6) is 5.75 Å². The van der Waals surface area contributed by atoms with E-state index in [-0.39, 0.29) is 5.63 Å². The number of hydrogen-bond acceptors (Lipinski definition) is 5. The summed E-state index contributed by atoms with van der Waals surface area (Å²) in [6, 6.07) is 5.30. The molecule has 5 heteroatoms. The van der Waals surface area contributed by atoms with Crippen LogP contribution >= 0.6 is 0 Å². The van der Waals surface area contributed by atoms with Gasteiger partial charge in [-0.3, -0.25) is 0 Å². The van der Waals surface area contributed by atoms with Gasteiger partial charge in [0.15, 0.2) is 6.10 Å². The van der Waals surface area contributed by atoms with Crippen molar-refractivity contribution in [2.75, 3.05) is 7.11 Å². The van der Waals surface area contributed by atoms with Crippen LogP contribution in [0.2, 0.25) is 0 Å². The Morgan fingerprint density at radius 2 is 2.05 bits per heavy atom. The van der Waals surface area contributed by atoms with Gasteiger partial charge in [0.1, 0.15) is 11.3 Å². The van der Waals surface area contributed by atoms with Crippen molar-refractivity contribution in [2.24, 2.45) is 0 Å². The summed E-state index contributed by atoms with van der Waals surface area (Å²) in [5, 5.41) is 0.945. The summed E-state index contributed by atoms with van der Waals surface area (Å²) in [6.45, 7) is 1.61. The molecule has 110 valence electrons. The number of methoxy groups -OCH3 is 1. The molecular weight excluding hydrogens is 272 g/mol. The van der Waals surface area contributed by atoms with E-state index in [2.05, 4.69) is 4.74 Å². The highest BCUT2D eigenvalue weighted by molar-refractivity contribution is 5.83. The Kier molecular flexibility index (Phi) is 3.41. The van der Waals surface area contributed by atoms with E-state index in [0.717, 1.165) is 35.8 Å². The molecule has 0 saturated heterocycles. The first-order valence-electron chi connectivity index (χ1n) is 6.93. The van der Waals surface area contributed by atoms with Gasteiger partial charge in [-0.2, -0.15) is 0 Å². The van der Waals surface area contributed by atoms with Gasteiger partial charge in [0.2, 0.25) is 0 Å². The quantitative estimate of drug-likeness (QED) is 0.640. The minimum atomic E-state index is -0.714. The van der Waals surface area contributed by atoms with Gasteiger partial charge in [-0.15, -0.1) is 0 Å². The van der Waals surface area contributed by atoms with Gasteiger partial charge in [-0.25, -0.2) is 9.59 Å². The summed E-state index contributed by atoms with van der Waals surface area (Å²) in [5.74, 6) is 0.0204. The summed E-state index contributed by atoms with van der Waals surface area (Å²) in [6.07, 6.45) is 1.95. The number of fused-ring (bicyclic) bond motifs is 3. The smallest absolute Gasteiger partial charge is 0.346 e. The average Bonchev–Trinajstić information content (AvgIpc) is 2.96. The fourth-order valence-electron chi connectivity index (χ4n) is 2.76. The van der Waals surface area contributed by atoms with Crippen LogP contribution in [0.25, 0.3) is 11.0 Å². The lowest BCUT2D eigenvalue weighted by atomic mass is 10.1. The van der Waals surface area contributed by atoms with Crippen LogP contribution in [0.1, 0.15) is 24.5 Å². The van der Waals surface area contributed by atoms with E-state index in [1.807, 2.05) is 6.07 Å². The van der Waals surface area contributed by atoms with Gasteiger partial charge in [0.25, 0.3) is 0 Å². The molecule has 0 unspecified atom stereocenters.